The third-order valence-electron chi connectivity index (χ3n) is 6.09. The average molecular weight is 415 g/mol. The van der Waals surface area contributed by atoms with Crippen LogP contribution in [-0.2, 0) is 9.47 Å². The fraction of sp³-hybridized carbons (Fsp3) is 0.545. The van der Waals surface area contributed by atoms with Crippen molar-refractivity contribution in [3.63, 3.8) is 0 Å². The molecular weight excluding hydrogens is 390 g/mol. The highest BCUT2D eigenvalue weighted by Gasteiger charge is 2.38. The minimum absolute atomic E-state index is 0.0167. The second kappa shape index (κ2) is 8.55. The Morgan fingerprint density at radius 1 is 0.733 bits per heavy atom. The van der Waals surface area contributed by atoms with Gasteiger partial charge in [-0.2, -0.15) is 0 Å². The first kappa shape index (κ1) is 20.5. The molecule has 0 aromatic heterocycles. The predicted molar refractivity (Wildman–Crippen MR) is 103 cm³/mol. The monoisotopic (exact) mass is 415 g/mol. The van der Waals surface area contributed by atoms with Crippen LogP contribution in [0, 0.1) is 0 Å². The first-order chi connectivity index (χ1) is 14.5. The molecule has 3 aliphatic rings. The second-order valence-electron chi connectivity index (χ2n) is 8.20. The maximum Gasteiger partial charge on any atom is 0.339 e. The molecule has 1 aromatic rings. The van der Waals surface area contributed by atoms with E-state index in [0.29, 0.717) is 0 Å². The summed E-state index contributed by atoms with van der Waals surface area (Å²) in [6.07, 6.45) is 8.56. The molecule has 0 saturated heterocycles. The van der Waals surface area contributed by atoms with Gasteiger partial charge in [-0.3, -0.25) is 14.8 Å². The molecule has 2 aliphatic carbocycles. The van der Waals surface area contributed by atoms with E-state index in [1.807, 2.05) is 0 Å². The van der Waals surface area contributed by atoms with Gasteiger partial charge in [-0.05, 0) is 63.5 Å². The Bertz CT molecular complexity index is 811. The van der Waals surface area contributed by atoms with Crippen LogP contribution >= 0.6 is 0 Å². The van der Waals surface area contributed by atoms with Gasteiger partial charge < -0.3 is 9.47 Å². The minimum Gasteiger partial charge on any atom is -0.459 e. The lowest BCUT2D eigenvalue weighted by Gasteiger charge is -2.24. The lowest BCUT2D eigenvalue weighted by atomic mass is 9.96. The van der Waals surface area contributed by atoms with Crippen molar-refractivity contribution < 1.29 is 33.9 Å². The van der Waals surface area contributed by atoms with E-state index >= 15 is 0 Å². The zero-order valence-corrected chi connectivity index (χ0v) is 16.7. The summed E-state index contributed by atoms with van der Waals surface area (Å²) in [7, 11) is 0. The summed E-state index contributed by atoms with van der Waals surface area (Å²) in [6.45, 7) is 0. The number of benzene rings is 1. The van der Waals surface area contributed by atoms with Crippen LogP contribution in [0.1, 0.15) is 106 Å². The van der Waals surface area contributed by atoms with Gasteiger partial charge in [0.15, 0.2) is 0 Å². The lowest BCUT2D eigenvalue weighted by Crippen LogP contribution is -2.25. The topological polar surface area (TPSA) is 110 Å². The Balaban J connectivity index is 1.65. The van der Waals surface area contributed by atoms with E-state index in [2.05, 4.69) is 0 Å². The van der Waals surface area contributed by atoms with Crippen molar-refractivity contribution in [2.45, 2.75) is 76.4 Å². The summed E-state index contributed by atoms with van der Waals surface area (Å²) in [5.74, 6) is -3.32. The van der Waals surface area contributed by atoms with Crippen LogP contribution in [0.4, 0.5) is 0 Å². The average Bonchev–Trinajstić information content (AvgIpc) is 2.98. The van der Waals surface area contributed by atoms with Gasteiger partial charge in [0.1, 0.15) is 12.2 Å². The molecule has 8 heteroatoms. The van der Waals surface area contributed by atoms with Gasteiger partial charge in [-0.25, -0.2) is 9.59 Å². The molecule has 8 nitrogen and oxygen atoms in total. The molecule has 2 amide bonds. The number of amides is 2. The number of rotatable bonds is 4. The standard InChI is InChI=1S/C22H25NO7/c24-19-15-11-17(21(26)29-13-7-3-1-4-8-13)18(12-16(15)20(25)23(19)28)22(27)30-14-9-5-2-6-10-14/h11-14,28H,1-10H2. The molecule has 0 spiro atoms. The molecule has 4 rings (SSSR count). The van der Waals surface area contributed by atoms with Crippen molar-refractivity contribution in [1.29, 1.82) is 0 Å². The van der Waals surface area contributed by atoms with Gasteiger partial charge in [-0.15, -0.1) is 5.06 Å². The normalized spacial score (nSPS) is 20.2. The molecule has 2 saturated carbocycles. The van der Waals surface area contributed by atoms with Crippen molar-refractivity contribution in [1.82, 2.24) is 5.06 Å². The summed E-state index contributed by atoms with van der Waals surface area (Å²) in [5, 5.41) is 9.65. The van der Waals surface area contributed by atoms with E-state index < -0.39 is 23.8 Å². The van der Waals surface area contributed by atoms with Crippen molar-refractivity contribution in [3.05, 3.63) is 34.4 Å². The number of fused-ring (bicyclic) bond motifs is 1. The molecule has 1 aromatic carbocycles. The molecule has 0 atom stereocenters. The van der Waals surface area contributed by atoms with Crippen LogP contribution in [0.2, 0.25) is 0 Å². The summed E-state index contributed by atoms with van der Waals surface area (Å²) in [4.78, 5) is 50.1. The molecule has 1 N–H and O–H groups in total. The van der Waals surface area contributed by atoms with Gasteiger partial charge in [0.2, 0.25) is 0 Å². The number of carbonyl (C=O) groups excluding carboxylic acids is 4. The quantitative estimate of drug-likeness (QED) is 0.454. The van der Waals surface area contributed by atoms with Crippen LogP contribution in [0.5, 0.6) is 0 Å². The maximum atomic E-state index is 12.9. The number of hydrogen-bond donors (Lipinski definition) is 1. The zero-order chi connectivity index (χ0) is 21.3. The number of hydroxylamine groups is 2. The number of esters is 2. The lowest BCUT2D eigenvalue weighted by molar-refractivity contribution is -0.0327. The van der Waals surface area contributed by atoms with E-state index in [1.165, 1.54) is 0 Å². The Labute approximate surface area is 174 Å². The van der Waals surface area contributed by atoms with Crippen LogP contribution in [-0.4, -0.2) is 46.2 Å². The summed E-state index contributed by atoms with van der Waals surface area (Å²) in [5.41, 5.74) is -0.493. The maximum absolute atomic E-state index is 12.9. The van der Waals surface area contributed by atoms with Crippen molar-refractivity contribution in [2.75, 3.05) is 0 Å². The van der Waals surface area contributed by atoms with E-state index in [1.54, 1.807) is 0 Å². The molecule has 0 unspecified atom stereocenters. The van der Waals surface area contributed by atoms with Crippen LogP contribution in [0.25, 0.3) is 0 Å². The summed E-state index contributed by atoms with van der Waals surface area (Å²) < 4.78 is 11.2. The predicted octanol–water partition coefficient (Wildman–Crippen LogP) is 3.65. The first-order valence-electron chi connectivity index (χ1n) is 10.6. The number of imide groups is 1. The van der Waals surface area contributed by atoms with Crippen molar-refractivity contribution >= 4 is 23.8 Å². The van der Waals surface area contributed by atoms with E-state index in [0.717, 1.165) is 76.3 Å². The Kier molecular flexibility index (Phi) is 5.85. The van der Waals surface area contributed by atoms with E-state index in [9.17, 15) is 24.4 Å². The van der Waals surface area contributed by atoms with Crippen LogP contribution < -0.4 is 0 Å². The Morgan fingerprint density at radius 2 is 1.10 bits per heavy atom. The number of nitrogens with zero attached hydrogens (tertiary/aromatic N) is 1. The molecule has 0 radical (unpaired) electrons. The number of hydrogen-bond acceptors (Lipinski definition) is 7. The molecule has 30 heavy (non-hydrogen) atoms. The number of ether oxygens (including phenoxy) is 2. The van der Waals surface area contributed by atoms with Gasteiger partial charge in [0.25, 0.3) is 11.8 Å². The van der Waals surface area contributed by atoms with Crippen molar-refractivity contribution in [3.8, 4) is 0 Å². The zero-order valence-electron chi connectivity index (χ0n) is 16.7. The SMILES string of the molecule is O=C(OC1CCCCC1)c1cc2c(cc1C(=O)OC1CCCCC1)C(=O)N(O)C2=O. The highest BCUT2D eigenvalue weighted by atomic mass is 16.6. The van der Waals surface area contributed by atoms with Crippen molar-refractivity contribution in [2.24, 2.45) is 0 Å². The number of carbonyl (C=O) groups is 4. The van der Waals surface area contributed by atoms with Gasteiger partial charge in [0, 0.05) is 0 Å². The Hall–Kier alpha value is -2.74. The molecular formula is C22H25NO7. The fourth-order valence-electron chi connectivity index (χ4n) is 4.41. The van der Waals surface area contributed by atoms with Gasteiger partial charge in [-0.1, -0.05) is 12.8 Å². The molecule has 160 valence electrons. The van der Waals surface area contributed by atoms with Gasteiger partial charge in [0.05, 0.1) is 22.3 Å². The molecule has 0 bridgehead atoms. The molecule has 1 heterocycles. The third-order valence-corrected chi connectivity index (χ3v) is 6.09. The second-order valence-corrected chi connectivity index (χ2v) is 8.20. The van der Waals surface area contributed by atoms with Gasteiger partial charge >= 0.3 is 11.9 Å². The summed E-state index contributed by atoms with van der Waals surface area (Å²) in [6, 6.07) is 2.32. The minimum atomic E-state index is -0.936. The van der Waals surface area contributed by atoms with E-state index in [4.69, 9.17) is 9.47 Å². The first-order valence-corrected chi connectivity index (χ1v) is 10.6. The summed E-state index contributed by atoms with van der Waals surface area (Å²) >= 11 is 0. The van der Waals surface area contributed by atoms with Crippen LogP contribution in [0.15, 0.2) is 12.1 Å². The fourth-order valence-corrected chi connectivity index (χ4v) is 4.41. The largest absolute Gasteiger partial charge is 0.459 e. The van der Waals surface area contributed by atoms with Crippen LogP contribution in [0.3, 0.4) is 0 Å². The highest BCUT2D eigenvalue weighted by Crippen LogP contribution is 2.29. The highest BCUT2D eigenvalue weighted by molar-refractivity contribution is 6.22. The molecule has 1 aliphatic heterocycles. The molecule has 2 fully saturated rings. The third kappa shape index (κ3) is 3.96. The Morgan fingerprint density at radius 3 is 1.47 bits per heavy atom. The smallest absolute Gasteiger partial charge is 0.339 e. The van der Waals surface area contributed by atoms with E-state index in [-0.39, 0.29) is 39.5 Å².